The van der Waals surface area contributed by atoms with Gasteiger partial charge >= 0.3 is 0 Å². The monoisotopic (exact) mass is 200 g/mol. The Morgan fingerprint density at radius 3 is 2.29 bits per heavy atom. The molecule has 84 valence electrons. The first-order valence-corrected chi connectivity index (χ1v) is 5.40. The van der Waals surface area contributed by atoms with Crippen molar-refractivity contribution in [3.05, 3.63) is 0 Å². The Morgan fingerprint density at radius 1 is 1.29 bits per heavy atom. The molecule has 0 atom stereocenters. The van der Waals surface area contributed by atoms with Gasteiger partial charge in [0.2, 0.25) is 0 Å². The van der Waals surface area contributed by atoms with Crippen LogP contribution < -0.4 is 0 Å². The summed E-state index contributed by atoms with van der Waals surface area (Å²) >= 11 is 0. The van der Waals surface area contributed by atoms with Crippen molar-refractivity contribution in [2.45, 2.75) is 12.8 Å². The molecule has 1 aliphatic rings. The SMILES string of the molecule is COCC1(CN(C)C)CCN(C)CC1. The molecule has 1 saturated heterocycles. The quantitative estimate of drug-likeness (QED) is 0.671. The van der Waals surface area contributed by atoms with Crippen molar-refractivity contribution in [3.63, 3.8) is 0 Å². The van der Waals surface area contributed by atoms with Crippen molar-refractivity contribution < 1.29 is 4.74 Å². The van der Waals surface area contributed by atoms with Gasteiger partial charge in [-0.3, -0.25) is 0 Å². The number of rotatable bonds is 4. The van der Waals surface area contributed by atoms with Crippen molar-refractivity contribution in [3.8, 4) is 0 Å². The van der Waals surface area contributed by atoms with Crippen LogP contribution in [-0.2, 0) is 4.74 Å². The van der Waals surface area contributed by atoms with Gasteiger partial charge in [-0.25, -0.2) is 0 Å². The van der Waals surface area contributed by atoms with Crippen LogP contribution in [0.3, 0.4) is 0 Å². The number of likely N-dealkylation sites (tertiary alicyclic amines) is 1. The predicted molar refractivity (Wildman–Crippen MR) is 59.6 cm³/mol. The first-order chi connectivity index (χ1) is 6.58. The minimum absolute atomic E-state index is 0.394. The van der Waals surface area contributed by atoms with E-state index in [0.29, 0.717) is 5.41 Å². The minimum Gasteiger partial charge on any atom is -0.384 e. The third kappa shape index (κ3) is 3.23. The van der Waals surface area contributed by atoms with E-state index >= 15 is 0 Å². The second-order valence-corrected chi connectivity index (χ2v) is 4.97. The highest BCUT2D eigenvalue weighted by Crippen LogP contribution is 2.31. The molecular formula is C11H24N2O. The Labute approximate surface area is 88.0 Å². The fourth-order valence-corrected chi connectivity index (χ4v) is 2.42. The van der Waals surface area contributed by atoms with Gasteiger partial charge in [-0.05, 0) is 47.1 Å². The van der Waals surface area contributed by atoms with Crippen molar-refractivity contribution in [2.75, 3.05) is 54.5 Å². The summed E-state index contributed by atoms with van der Waals surface area (Å²) in [4.78, 5) is 4.69. The van der Waals surface area contributed by atoms with E-state index in [1.807, 2.05) is 7.11 Å². The van der Waals surface area contributed by atoms with Crippen LogP contribution in [0.1, 0.15) is 12.8 Å². The number of nitrogens with zero attached hydrogens (tertiary/aromatic N) is 2. The van der Waals surface area contributed by atoms with E-state index in [2.05, 4.69) is 30.9 Å². The van der Waals surface area contributed by atoms with Crippen molar-refractivity contribution in [1.82, 2.24) is 9.80 Å². The van der Waals surface area contributed by atoms with Gasteiger partial charge in [0.1, 0.15) is 0 Å². The average molecular weight is 200 g/mol. The first kappa shape index (κ1) is 12.0. The maximum Gasteiger partial charge on any atom is 0.0531 e. The number of hydrogen-bond donors (Lipinski definition) is 0. The van der Waals surface area contributed by atoms with Crippen LogP contribution in [0.5, 0.6) is 0 Å². The van der Waals surface area contributed by atoms with Gasteiger partial charge in [-0.2, -0.15) is 0 Å². The lowest BCUT2D eigenvalue weighted by Gasteiger charge is -2.41. The molecule has 3 heteroatoms. The molecule has 0 unspecified atom stereocenters. The molecule has 0 aromatic carbocycles. The van der Waals surface area contributed by atoms with E-state index in [4.69, 9.17) is 4.74 Å². The fraction of sp³-hybridized carbons (Fsp3) is 1.00. The van der Waals surface area contributed by atoms with Crippen LogP contribution in [0.25, 0.3) is 0 Å². The lowest BCUT2D eigenvalue weighted by atomic mass is 9.79. The number of hydrogen-bond acceptors (Lipinski definition) is 3. The maximum atomic E-state index is 5.38. The zero-order valence-corrected chi connectivity index (χ0v) is 10.0. The normalized spacial score (nSPS) is 22.9. The third-order valence-corrected chi connectivity index (χ3v) is 3.15. The van der Waals surface area contributed by atoms with Gasteiger partial charge in [-0.15, -0.1) is 0 Å². The number of methoxy groups -OCH3 is 1. The average Bonchev–Trinajstić information content (AvgIpc) is 2.10. The summed E-state index contributed by atoms with van der Waals surface area (Å²) in [6.45, 7) is 4.46. The first-order valence-electron chi connectivity index (χ1n) is 5.40. The second-order valence-electron chi connectivity index (χ2n) is 4.97. The van der Waals surface area contributed by atoms with E-state index in [1.165, 1.54) is 25.9 Å². The molecule has 0 aromatic heterocycles. The van der Waals surface area contributed by atoms with Crippen molar-refractivity contribution in [1.29, 1.82) is 0 Å². The van der Waals surface area contributed by atoms with E-state index < -0.39 is 0 Å². The Morgan fingerprint density at radius 2 is 1.86 bits per heavy atom. The van der Waals surface area contributed by atoms with Gasteiger partial charge < -0.3 is 14.5 Å². The second kappa shape index (κ2) is 5.10. The molecule has 0 aromatic rings. The number of ether oxygens (including phenoxy) is 1. The Hall–Kier alpha value is -0.120. The minimum atomic E-state index is 0.394. The van der Waals surface area contributed by atoms with Gasteiger partial charge in [0, 0.05) is 19.1 Å². The molecule has 0 bridgehead atoms. The highest BCUT2D eigenvalue weighted by atomic mass is 16.5. The summed E-state index contributed by atoms with van der Waals surface area (Å²) in [7, 11) is 8.31. The molecule has 1 fully saturated rings. The van der Waals surface area contributed by atoms with E-state index in [-0.39, 0.29) is 0 Å². The zero-order chi connectivity index (χ0) is 10.6. The highest BCUT2D eigenvalue weighted by molar-refractivity contribution is 4.86. The summed E-state index contributed by atoms with van der Waals surface area (Å²) in [5.74, 6) is 0. The summed E-state index contributed by atoms with van der Waals surface area (Å²) in [5.41, 5.74) is 0.394. The summed E-state index contributed by atoms with van der Waals surface area (Å²) in [6.07, 6.45) is 2.52. The van der Waals surface area contributed by atoms with Crippen LogP contribution in [0, 0.1) is 5.41 Å². The molecule has 0 spiro atoms. The molecule has 14 heavy (non-hydrogen) atoms. The van der Waals surface area contributed by atoms with Crippen LogP contribution in [0.4, 0.5) is 0 Å². The van der Waals surface area contributed by atoms with Crippen molar-refractivity contribution >= 4 is 0 Å². The molecule has 1 heterocycles. The highest BCUT2D eigenvalue weighted by Gasteiger charge is 2.34. The van der Waals surface area contributed by atoms with E-state index in [0.717, 1.165) is 13.2 Å². The zero-order valence-electron chi connectivity index (χ0n) is 10.0. The third-order valence-electron chi connectivity index (χ3n) is 3.15. The molecule has 1 aliphatic heterocycles. The van der Waals surface area contributed by atoms with E-state index in [9.17, 15) is 0 Å². The van der Waals surface area contributed by atoms with Gasteiger partial charge in [-0.1, -0.05) is 0 Å². The van der Waals surface area contributed by atoms with Gasteiger partial charge in [0.15, 0.2) is 0 Å². The molecule has 0 amide bonds. The molecule has 0 N–H and O–H groups in total. The standard InChI is InChI=1S/C11H24N2O/c1-12(2)9-11(10-14-4)5-7-13(3)8-6-11/h5-10H2,1-4H3. The summed E-state index contributed by atoms with van der Waals surface area (Å²) < 4.78 is 5.38. The lowest BCUT2D eigenvalue weighted by Crippen LogP contribution is -2.46. The van der Waals surface area contributed by atoms with Crippen LogP contribution in [-0.4, -0.2) is 64.3 Å². The van der Waals surface area contributed by atoms with Gasteiger partial charge in [0.05, 0.1) is 6.61 Å². The molecule has 0 aliphatic carbocycles. The molecule has 1 rings (SSSR count). The fourth-order valence-electron chi connectivity index (χ4n) is 2.42. The van der Waals surface area contributed by atoms with Crippen LogP contribution in [0.15, 0.2) is 0 Å². The molecule has 3 nitrogen and oxygen atoms in total. The maximum absolute atomic E-state index is 5.38. The smallest absolute Gasteiger partial charge is 0.0531 e. The molecule has 0 radical (unpaired) electrons. The Kier molecular flexibility index (Phi) is 4.35. The topological polar surface area (TPSA) is 15.7 Å². The van der Waals surface area contributed by atoms with E-state index in [1.54, 1.807) is 0 Å². The summed E-state index contributed by atoms with van der Waals surface area (Å²) in [6, 6.07) is 0. The number of piperidine rings is 1. The lowest BCUT2D eigenvalue weighted by molar-refractivity contribution is 0.0105. The van der Waals surface area contributed by atoms with Crippen molar-refractivity contribution in [2.24, 2.45) is 5.41 Å². The van der Waals surface area contributed by atoms with Crippen LogP contribution >= 0.6 is 0 Å². The van der Waals surface area contributed by atoms with Crippen LogP contribution in [0.2, 0.25) is 0 Å². The Bertz CT molecular complexity index is 163. The predicted octanol–water partition coefficient (Wildman–Crippen LogP) is 0.906. The molecule has 0 saturated carbocycles. The van der Waals surface area contributed by atoms with Gasteiger partial charge in [0.25, 0.3) is 0 Å². The largest absolute Gasteiger partial charge is 0.384 e. The summed E-state index contributed by atoms with van der Waals surface area (Å²) in [5, 5.41) is 0. The Balaban J connectivity index is 2.53. The molecular weight excluding hydrogens is 176 g/mol.